The molecule has 0 spiro atoms. The molecule has 1 amide bonds. The molecule has 1 aliphatic carbocycles. The Kier molecular flexibility index (Phi) is 6.29. The zero-order chi connectivity index (χ0) is 20.4. The lowest BCUT2D eigenvalue weighted by atomic mass is 9.86. The van der Waals surface area contributed by atoms with Gasteiger partial charge in [0.25, 0.3) is 0 Å². The number of carbonyl (C=O) groups excluding carboxylic acids is 1. The predicted octanol–water partition coefficient (Wildman–Crippen LogP) is 5.26. The smallest absolute Gasteiger partial charge is 0.230 e. The zero-order valence-electron chi connectivity index (χ0n) is 16.7. The number of aromatic nitrogens is 3. The van der Waals surface area contributed by atoms with Crippen molar-refractivity contribution in [1.29, 1.82) is 0 Å². The van der Waals surface area contributed by atoms with E-state index in [1.54, 1.807) is 0 Å². The number of nitrogens with zero attached hydrogens (tertiary/aromatic N) is 3. The number of carbonyl (C=O) groups is 1. The molecule has 0 saturated heterocycles. The summed E-state index contributed by atoms with van der Waals surface area (Å²) < 4.78 is 8.97. The van der Waals surface area contributed by atoms with Crippen LogP contribution in [0.15, 0.2) is 38.3 Å². The summed E-state index contributed by atoms with van der Waals surface area (Å²) >= 11 is 4.91. The van der Waals surface area contributed by atoms with Crippen LogP contribution in [-0.4, -0.2) is 32.5 Å². The van der Waals surface area contributed by atoms with E-state index < -0.39 is 0 Å². The van der Waals surface area contributed by atoms with Gasteiger partial charge in [-0.3, -0.25) is 9.36 Å². The second kappa shape index (κ2) is 8.92. The number of amides is 1. The number of nitrogens with one attached hydrogen (secondary N) is 1. The Labute approximate surface area is 183 Å². The molecule has 0 unspecified atom stereocenters. The van der Waals surface area contributed by atoms with Gasteiger partial charge >= 0.3 is 0 Å². The lowest BCUT2D eigenvalue weighted by Gasteiger charge is -2.29. The number of benzene rings is 1. The van der Waals surface area contributed by atoms with Crippen molar-refractivity contribution in [2.24, 2.45) is 5.92 Å². The van der Waals surface area contributed by atoms with Crippen LogP contribution in [-0.2, 0) is 11.3 Å². The highest BCUT2D eigenvalue weighted by Gasteiger charge is 2.23. The van der Waals surface area contributed by atoms with Crippen LogP contribution in [0.25, 0.3) is 22.6 Å². The van der Waals surface area contributed by atoms with Crippen LogP contribution in [0.5, 0.6) is 0 Å². The summed E-state index contributed by atoms with van der Waals surface area (Å²) in [6, 6.07) is 8.17. The highest BCUT2D eigenvalue weighted by Crippen LogP contribution is 2.31. The molecule has 0 radical (unpaired) electrons. The predicted molar refractivity (Wildman–Crippen MR) is 119 cm³/mol. The van der Waals surface area contributed by atoms with Crippen molar-refractivity contribution in [3.8, 4) is 11.6 Å². The second-order valence-electron chi connectivity index (χ2n) is 7.57. The monoisotopic (exact) mass is 476 g/mol. The minimum atomic E-state index is 0.0644. The van der Waals surface area contributed by atoms with Gasteiger partial charge < -0.3 is 9.73 Å². The largest absolute Gasteiger partial charge is 0.453 e. The Balaban J connectivity index is 1.46. The van der Waals surface area contributed by atoms with Gasteiger partial charge in [0.05, 0.1) is 5.75 Å². The summed E-state index contributed by atoms with van der Waals surface area (Å²) in [4.78, 5) is 12.4. The molecule has 1 aliphatic rings. The number of rotatable bonds is 6. The van der Waals surface area contributed by atoms with E-state index in [0.717, 1.165) is 27.0 Å². The molecule has 8 heteroatoms. The van der Waals surface area contributed by atoms with E-state index in [-0.39, 0.29) is 5.91 Å². The summed E-state index contributed by atoms with van der Waals surface area (Å²) in [6.45, 7) is 4.97. The van der Waals surface area contributed by atoms with Crippen molar-refractivity contribution in [3.63, 3.8) is 0 Å². The van der Waals surface area contributed by atoms with E-state index in [0.29, 0.717) is 35.8 Å². The summed E-state index contributed by atoms with van der Waals surface area (Å²) in [7, 11) is 0. The van der Waals surface area contributed by atoms with E-state index in [1.807, 2.05) is 35.8 Å². The number of thioether (sulfide) groups is 1. The number of furan rings is 1. The molecule has 1 aromatic carbocycles. The Morgan fingerprint density at radius 1 is 1.31 bits per heavy atom. The van der Waals surface area contributed by atoms with Gasteiger partial charge in [0.2, 0.25) is 11.7 Å². The fraction of sp³-hybridized carbons (Fsp3) is 0.476. The van der Waals surface area contributed by atoms with Gasteiger partial charge in [-0.25, -0.2) is 0 Å². The first-order valence-corrected chi connectivity index (χ1v) is 11.9. The van der Waals surface area contributed by atoms with Crippen LogP contribution < -0.4 is 5.32 Å². The number of hydrogen-bond acceptors (Lipinski definition) is 5. The molecule has 1 N–H and O–H groups in total. The van der Waals surface area contributed by atoms with Gasteiger partial charge in [0.15, 0.2) is 10.9 Å². The van der Waals surface area contributed by atoms with Crippen molar-refractivity contribution in [2.45, 2.75) is 57.3 Å². The minimum absolute atomic E-state index is 0.0644. The van der Waals surface area contributed by atoms with E-state index >= 15 is 0 Å². The molecule has 2 atom stereocenters. The van der Waals surface area contributed by atoms with Crippen molar-refractivity contribution in [1.82, 2.24) is 20.1 Å². The maximum atomic E-state index is 12.4. The van der Waals surface area contributed by atoms with E-state index in [9.17, 15) is 4.79 Å². The molecule has 3 aromatic rings. The normalized spacial score (nSPS) is 19.6. The topological polar surface area (TPSA) is 73.0 Å². The Morgan fingerprint density at radius 3 is 2.93 bits per heavy atom. The van der Waals surface area contributed by atoms with Crippen molar-refractivity contribution in [3.05, 3.63) is 28.7 Å². The van der Waals surface area contributed by atoms with Crippen LogP contribution in [0.2, 0.25) is 0 Å². The highest BCUT2D eigenvalue weighted by molar-refractivity contribution is 9.10. The van der Waals surface area contributed by atoms with Crippen LogP contribution in [0.4, 0.5) is 0 Å². The molecular formula is C21H25BrN4O2S. The van der Waals surface area contributed by atoms with Gasteiger partial charge in [-0.15, -0.1) is 10.2 Å². The van der Waals surface area contributed by atoms with Gasteiger partial charge in [-0.05, 0) is 49.9 Å². The van der Waals surface area contributed by atoms with E-state index in [2.05, 4.69) is 38.4 Å². The van der Waals surface area contributed by atoms with Crippen molar-refractivity contribution in [2.75, 3.05) is 5.75 Å². The summed E-state index contributed by atoms with van der Waals surface area (Å²) in [5, 5.41) is 13.6. The molecule has 0 bridgehead atoms. The summed E-state index contributed by atoms with van der Waals surface area (Å²) in [6.07, 6.45) is 4.74. The second-order valence-corrected chi connectivity index (χ2v) is 9.43. The molecule has 2 heterocycles. The quantitative estimate of drug-likeness (QED) is 0.491. The van der Waals surface area contributed by atoms with Crippen LogP contribution in [0.1, 0.15) is 39.5 Å². The molecular weight excluding hydrogens is 452 g/mol. The SMILES string of the molecule is CCn1c(SCC(=O)N[C@@H]2CCCC[C@H]2C)nnc1-c1cc2cc(Br)ccc2o1. The van der Waals surface area contributed by atoms with Gasteiger partial charge in [-0.1, -0.05) is 47.5 Å². The Morgan fingerprint density at radius 2 is 2.14 bits per heavy atom. The third-order valence-electron chi connectivity index (χ3n) is 5.52. The standard InChI is InChI=1S/C21H25BrN4O2S/c1-3-26-20(18-11-14-10-15(22)8-9-17(14)28-18)24-25-21(26)29-12-19(27)23-16-7-5-4-6-13(16)2/h8-11,13,16H,3-7,12H2,1-2H3,(H,23,27)/t13-,16-/m1/s1. The van der Waals surface area contributed by atoms with Gasteiger partial charge in [0.1, 0.15) is 5.58 Å². The van der Waals surface area contributed by atoms with E-state index in [4.69, 9.17) is 4.42 Å². The first kappa shape index (κ1) is 20.5. The maximum Gasteiger partial charge on any atom is 0.230 e. The minimum Gasteiger partial charge on any atom is -0.453 e. The molecule has 0 aliphatic heterocycles. The molecule has 154 valence electrons. The van der Waals surface area contributed by atoms with Crippen molar-refractivity contribution >= 4 is 44.6 Å². The van der Waals surface area contributed by atoms with Crippen LogP contribution in [0.3, 0.4) is 0 Å². The fourth-order valence-corrected chi connectivity index (χ4v) is 5.09. The fourth-order valence-electron chi connectivity index (χ4n) is 3.90. The van der Waals surface area contributed by atoms with Crippen LogP contribution >= 0.6 is 27.7 Å². The highest BCUT2D eigenvalue weighted by atomic mass is 79.9. The van der Waals surface area contributed by atoms with E-state index in [1.165, 1.54) is 31.0 Å². The van der Waals surface area contributed by atoms with Crippen molar-refractivity contribution < 1.29 is 9.21 Å². The number of fused-ring (bicyclic) bond motifs is 1. The third-order valence-corrected chi connectivity index (χ3v) is 6.98. The average molecular weight is 477 g/mol. The van der Waals surface area contributed by atoms with Crippen LogP contribution in [0, 0.1) is 5.92 Å². The number of hydrogen-bond donors (Lipinski definition) is 1. The molecule has 1 saturated carbocycles. The lowest BCUT2D eigenvalue weighted by Crippen LogP contribution is -2.41. The molecule has 29 heavy (non-hydrogen) atoms. The molecule has 6 nitrogen and oxygen atoms in total. The lowest BCUT2D eigenvalue weighted by molar-refractivity contribution is -0.119. The molecule has 4 rings (SSSR count). The zero-order valence-corrected chi connectivity index (χ0v) is 19.1. The first-order chi connectivity index (χ1) is 14.0. The Hall–Kier alpha value is -1.80. The van der Waals surface area contributed by atoms with Gasteiger partial charge in [-0.2, -0.15) is 0 Å². The average Bonchev–Trinajstić information content (AvgIpc) is 3.31. The molecule has 2 aromatic heterocycles. The Bertz CT molecular complexity index is 1020. The third kappa shape index (κ3) is 4.53. The number of halogens is 1. The first-order valence-electron chi connectivity index (χ1n) is 10.1. The molecule has 1 fully saturated rings. The maximum absolute atomic E-state index is 12.4. The summed E-state index contributed by atoms with van der Waals surface area (Å²) in [5.74, 6) is 2.32. The summed E-state index contributed by atoms with van der Waals surface area (Å²) in [5.41, 5.74) is 0.809. The van der Waals surface area contributed by atoms with Gasteiger partial charge in [0, 0.05) is 22.4 Å².